The molecule has 0 aliphatic rings. The molecule has 0 aliphatic heterocycles. The first kappa shape index (κ1) is 21.2. The SMILES string of the molecule is COc1ccc(CN(C)C(=O)Cc2cc(OC)c(OC)c(OC)c2)cc1OC. The minimum Gasteiger partial charge on any atom is -0.493 e. The highest BCUT2D eigenvalue weighted by Gasteiger charge is 2.17. The number of likely N-dealkylation sites (N-methyl/N-ethyl adjacent to an activating group) is 1. The summed E-state index contributed by atoms with van der Waals surface area (Å²) < 4.78 is 26.6. The zero-order valence-electron chi connectivity index (χ0n) is 17.2. The van der Waals surface area contributed by atoms with Gasteiger partial charge in [-0.05, 0) is 35.4 Å². The van der Waals surface area contributed by atoms with Crippen LogP contribution in [0.1, 0.15) is 11.1 Å². The fraction of sp³-hybridized carbons (Fsp3) is 0.381. The van der Waals surface area contributed by atoms with Gasteiger partial charge in [-0.3, -0.25) is 4.79 Å². The minimum absolute atomic E-state index is 0.0379. The van der Waals surface area contributed by atoms with Gasteiger partial charge in [-0.1, -0.05) is 6.07 Å². The number of benzene rings is 2. The maximum atomic E-state index is 12.7. The van der Waals surface area contributed by atoms with Gasteiger partial charge in [0.25, 0.3) is 0 Å². The van der Waals surface area contributed by atoms with Gasteiger partial charge in [0.2, 0.25) is 11.7 Å². The zero-order chi connectivity index (χ0) is 20.7. The molecule has 2 aromatic rings. The van der Waals surface area contributed by atoms with E-state index in [4.69, 9.17) is 23.7 Å². The van der Waals surface area contributed by atoms with Gasteiger partial charge in [-0.25, -0.2) is 0 Å². The van der Waals surface area contributed by atoms with Gasteiger partial charge in [-0.2, -0.15) is 0 Å². The van der Waals surface area contributed by atoms with E-state index in [1.54, 1.807) is 59.6 Å². The number of rotatable bonds is 9. The molecule has 0 saturated carbocycles. The summed E-state index contributed by atoms with van der Waals surface area (Å²) >= 11 is 0. The molecule has 0 N–H and O–H groups in total. The summed E-state index contributed by atoms with van der Waals surface area (Å²) in [5, 5.41) is 0. The lowest BCUT2D eigenvalue weighted by atomic mass is 10.1. The zero-order valence-corrected chi connectivity index (χ0v) is 17.2. The summed E-state index contributed by atoms with van der Waals surface area (Å²) in [5.41, 5.74) is 1.72. The van der Waals surface area contributed by atoms with E-state index >= 15 is 0 Å². The van der Waals surface area contributed by atoms with Crippen LogP contribution in [0.15, 0.2) is 30.3 Å². The van der Waals surface area contributed by atoms with Crippen molar-refractivity contribution in [3.8, 4) is 28.7 Å². The van der Waals surface area contributed by atoms with E-state index in [0.29, 0.717) is 35.3 Å². The molecule has 0 bridgehead atoms. The lowest BCUT2D eigenvalue weighted by Crippen LogP contribution is -2.27. The van der Waals surface area contributed by atoms with E-state index in [1.807, 2.05) is 18.2 Å². The highest BCUT2D eigenvalue weighted by molar-refractivity contribution is 5.79. The maximum Gasteiger partial charge on any atom is 0.227 e. The molecule has 2 aromatic carbocycles. The Labute approximate surface area is 165 Å². The first-order valence-electron chi connectivity index (χ1n) is 8.71. The van der Waals surface area contributed by atoms with Crippen LogP contribution in [0.4, 0.5) is 0 Å². The van der Waals surface area contributed by atoms with Crippen LogP contribution in [-0.2, 0) is 17.8 Å². The summed E-state index contributed by atoms with van der Waals surface area (Å²) in [6.07, 6.45) is 0.209. The van der Waals surface area contributed by atoms with Crippen molar-refractivity contribution in [3.63, 3.8) is 0 Å². The third-order valence-corrected chi connectivity index (χ3v) is 4.37. The normalized spacial score (nSPS) is 10.2. The van der Waals surface area contributed by atoms with Crippen molar-refractivity contribution in [1.82, 2.24) is 4.90 Å². The second-order valence-electron chi connectivity index (χ2n) is 6.15. The Morgan fingerprint density at radius 3 is 1.79 bits per heavy atom. The van der Waals surface area contributed by atoms with Crippen molar-refractivity contribution >= 4 is 5.91 Å². The third kappa shape index (κ3) is 4.79. The summed E-state index contributed by atoms with van der Waals surface area (Å²) in [4.78, 5) is 14.4. The third-order valence-electron chi connectivity index (χ3n) is 4.37. The molecule has 0 atom stereocenters. The Bertz CT molecular complexity index is 796. The van der Waals surface area contributed by atoms with E-state index in [2.05, 4.69) is 0 Å². The number of hydrogen-bond acceptors (Lipinski definition) is 6. The molecule has 28 heavy (non-hydrogen) atoms. The predicted octanol–water partition coefficient (Wildman–Crippen LogP) is 2.93. The summed E-state index contributed by atoms with van der Waals surface area (Å²) in [5.74, 6) is 2.78. The second kappa shape index (κ2) is 9.73. The van der Waals surface area contributed by atoms with E-state index in [1.165, 1.54) is 0 Å². The molecule has 7 heteroatoms. The van der Waals surface area contributed by atoms with Gasteiger partial charge in [0.1, 0.15) is 0 Å². The van der Waals surface area contributed by atoms with Gasteiger partial charge in [0.05, 0.1) is 42.0 Å². The number of methoxy groups -OCH3 is 5. The van der Waals surface area contributed by atoms with Crippen molar-refractivity contribution < 1.29 is 28.5 Å². The van der Waals surface area contributed by atoms with Gasteiger partial charge in [0, 0.05) is 13.6 Å². The second-order valence-corrected chi connectivity index (χ2v) is 6.15. The van der Waals surface area contributed by atoms with E-state index < -0.39 is 0 Å². The lowest BCUT2D eigenvalue weighted by Gasteiger charge is -2.19. The Balaban J connectivity index is 2.14. The molecule has 7 nitrogen and oxygen atoms in total. The fourth-order valence-corrected chi connectivity index (χ4v) is 2.89. The predicted molar refractivity (Wildman–Crippen MR) is 106 cm³/mol. The standard InChI is InChI=1S/C21H27NO6/c1-22(13-14-7-8-16(24-2)17(9-14)25-3)20(23)12-15-10-18(26-4)21(28-6)19(11-15)27-5/h7-11H,12-13H2,1-6H3. The Morgan fingerprint density at radius 1 is 0.750 bits per heavy atom. The van der Waals surface area contributed by atoms with Gasteiger partial charge >= 0.3 is 0 Å². The first-order chi connectivity index (χ1) is 13.5. The smallest absolute Gasteiger partial charge is 0.227 e. The Kier molecular flexibility index (Phi) is 7.37. The molecule has 0 fully saturated rings. The van der Waals surface area contributed by atoms with Gasteiger partial charge in [0.15, 0.2) is 23.0 Å². The number of ether oxygens (including phenoxy) is 5. The summed E-state index contributed by atoms with van der Waals surface area (Å²) in [6.45, 7) is 0.448. The summed E-state index contributed by atoms with van der Waals surface area (Å²) in [6, 6.07) is 9.16. The monoisotopic (exact) mass is 389 g/mol. The topological polar surface area (TPSA) is 66.5 Å². The van der Waals surface area contributed by atoms with Crippen LogP contribution in [0.5, 0.6) is 28.7 Å². The lowest BCUT2D eigenvalue weighted by molar-refractivity contribution is -0.129. The number of amides is 1. The first-order valence-corrected chi connectivity index (χ1v) is 8.71. The highest BCUT2D eigenvalue weighted by Crippen LogP contribution is 2.38. The number of carbonyl (C=O) groups is 1. The molecule has 0 heterocycles. The van der Waals surface area contributed by atoms with Crippen LogP contribution < -0.4 is 23.7 Å². The van der Waals surface area contributed by atoms with E-state index in [9.17, 15) is 4.79 Å². The average molecular weight is 389 g/mol. The van der Waals surface area contributed by atoms with Crippen LogP contribution in [0.3, 0.4) is 0 Å². The van der Waals surface area contributed by atoms with Gasteiger partial charge < -0.3 is 28.6 Å². The number of hydrogen-bond donors (Lipinski definition) is 0. The number of carbonyl (C=O) groups excluding carboxylic acids is 1. The quantitative estimate of drug-likeness (QED) is 0.657. The molecule has 0 saturated heterocycles. The molecular weight excluding hydrogens is 362 g/mol. The van der Waals surface area contributed by atoms with Crippen LogP contribution in [0.2, 0.25) is 0 Å². The highest BCUT2D eigenvalue weighted by atomic mass is 16.5. The molecule has 152 valence electrons. The van der Waals surface area contributed by atoms with E-state index in [-0.39, 0.29) is 12.3 Å². The van der Waals surface area contributed by atoms with Crippen molar-refractivity contribution in [2.75, 3.05) is 42.6 Å². The molecule has 0 spiro atoms. The van der Waals surface area contributed by atoms with Crippen LogP contribution in [0, 0.1) is 0 Å². The van der Waals surface area contributed by atoms with Crippen LogP contribution >= 0.6 is 0 Å². The molecule has 0 unspecified atom stereocenters. The Hall–Kier alpha value is -3.09. The van der Waals surface area contributed by atoms with Gasteiger partial charge in [-0.15, -0.1) is 0 Å². The molecular formula is C21H27NO6. The average Bonchev–Trinajstić information content (AvgIpc) is 2.72. The molecule has 2 rings (SSSR count). The molecule has 0 aliphatic carbocycles. The number of nitrogens with zero attached hydrogens (tertiary/aromatic N) is 1. The summed E-state index contributed by atoms with van der Waals surface area (Å²) in [7, 11) is 9.57. The molecule has 0 aromatic heterocycles. The fourth-order valence-electron chi connectivity index (χ4n) is 2.89. The van der Waals surface area contributed by atoms with Crippen molar-refractivity contribution in [3.05, 3.63) is 41.5 Å². The van der Waals surface area contributed by atoms with Crippen molar-refractivity contribution in [2.24, 2.45) is 0 Å². The minimum atomic E-state index is -0.0379. The maximum absolute atomic E-state index is 12.7. The van der Waals surface area contributed by atoms with Crippen LogP contribution in [0.25, 0.3) is 0 Å². The van der Waals surface area contributed by atoms with Crippen molar-refractivity contribution in [1.29, 1.82) is 0 Å². The van der Waals surface area contributed by atoms with Crippen molar-refractivity contribution in [2.45, 2.75) is 13.0 Å². The Morgan fingerprint density at radius 2 is 1.29 bits per heavy atom. The largest absolute Gasteiger partial charge is 0.493 e. The molecule has 1 amide bonds. The molecule has 0 radical (unpaired) electrons. The van der Waals surface area contributed by atoms with Crippen LogP contribution in [-0.4, -0.2) is 53.4 Å². The van der Waals surface area contributed by atoms with E-state index in [0.717, 1.165) is 11.1 Å².